The van der Waals surface area contributed by atoms with E-state index < -0.39 is 5.41 Å². The SMILES string of the molecule is CC(C)N(CCC(CCN1CCCC1)(C(N)=O)c1ccc(-c2ccccc2)cc1)C(C)C. The van der Waals surface area contributed by atoms with Gasteiger partial charge in [0.15, 0.2) is 0 Å². The van der Waals surface area contributed by atoms with Gasteiger partial charge in [0.25, 0.3) is 0 Å². The summed E-state index contributed by atoms with van der Waals surface area (Å²) >= 11 is 0. The predicted molar refractivity (Wildman–Crippen MR) is 135 cm³/mol. The van der Waals surface area contributed by atoms with Crippen molar-refractivity contribution in [1.29, 1.82) is 0 Å². The Hall–Kier alpha value is -2.17. The molecule has 1 amide bonds. The van der Waals surface area contributed by atoms with E-state index in [1.54, 1.807) is 0 Å². The lowest BCUT2D eigenvalue weighted by molar-refractivity contribution is -0.124. The van der Waals surface area contributed by atoms with Gasteiger partial charge >= 0.3 is 0 Å². The molecule has 1 atom stereocenters. The lowest BCUT2D eigenvalue weighted by atomic mass is 9.73. The van der Waals surface area contributed by atoms with Crippen LogP contribution in [-0.4, -0.2) is 54.0 Å². The number of carbonyl (C=O) groups excluding carboxylic acids is 1. The van der Waals surface area contributed by atoms with Crippen LogP contribution in [0.25, 0.3) is 11.1 Å². The summed E-state index contributed by atoms with van der Waals surface area (Å²) in [7, 11) is 0. The number of benzene rings is 2. The Bertz CT molecular complexity index is 833. The molecule has 0 saturated carbocycles. The molecule has 0 spiro atoms. The maximum atomic E-state index is 13.1. The zero-order valence-corrected chi connectivity index (χ0v) is 20.4. The third-order valence-corrected chi connectivity index (χ3v) is 7.19. The molecule has 0 radical (unpaired) electrons. The third-order valence-electron chi connectivity index (χ3n) is 7.19. The number of amides is 1. The van der Waals surface area contributed by atoms with Crippen molar-refractivity contribution in [3.05, 3.63) is 60.2 Å². The maximum absolute atomic E-state index is 13.1. The minimum atomic E-state index is -0.653. The largest absolute Gasteiger partial charge is 0.369 e. The molecule has 0 aliphatic carbocycles. The average Bonchev–Trinajstić information content (AvgIpc) is 3.30. The van der Waals surface area contributed by atoms with Gasteiger partial charge < -0.3 is 10.6 Å². The number of hydrogen-bond donors (Lipinski definition) is 1. The van der Waals surface area contributed by atoms with E-state index in [9.17, 15) is 4.79 Å². The fourth-order valence-electron chi connectivity index (χ4n) is 5.20. The maximum Gasteiger partial charge on any atom is 0.228 e. The smallest absolute Gasteiger partial charge is 0.228 e. The Morgan fingerprint density at radius 2 is 1.47 bits per heavy atom. The first-order chi connectivity index (χ1) is 15.3. The van der Waals surface area contributed by atoms with Gasteiger partial charge in [0.2, 0.25) is 5.91 Å². The number of rotatable bonds is 11. The number of primary amides is 1. The summed E-state index contributed by atoms with van der Waals surface area (Å²) in [6, 6.07) is 19.8. The zero-order valence-electron chi connectivity index (χ0n) is 20.4. The van der Waals surface area contributed by atoms with Crippen LogP contribution >= 0.6 is 0 Å². The Labute approximate surface area is 194 Å². The summed E-state index contributed by atoms with van der Waals surface area (Å²) in [5.41, 5.74) is 8.95. The van der Waals surface area contributed by atoms with Crippen LogP contribution in [0.2, 0.25) is 0 Å². The van der Waals surface area contributed by atoms with Crippen LogP contribution in [0.1, 0.15) is 58.9 Å². The molecule has 2 aromatic rings. The van der Waals surface area contributed by atoms with Crippen molar-refractivity contribution in [2.75, 3.05) is 26.2 Å². The summed E-state index contributed by atoms with van der Waals surface area (Å²) in [6.45, 7) is 13.0. The second-order valence-electron chi connectivity index (χ2n) is 9.86. The highest BCUT2D eigenvalue weighted by Crippen LogP contribution is 2.35. The summed E-state index contributed by atoms with van der Waals surface area (Å²) in [4.78, 5) is 18.1. The lowest BCUT2D eigenvalue weighted by Gasteiger charge is -2.37. The average molecular weight is 436 g/mol. The monoisotopic (exact) mass is 435 g/mol. The minimum Gasteiger partial charge on any atom is -0.369 e. The van der Waals surface area contributed by atoms with E-state index in [2.05, 4.69) is 86.0 Å². The van der Waals surface area contributed by atoms with E-state index in [1.807, 2.05) is 6.07 Å². The summed E-state index contributed by atoms with van der Waals surface area (Å²) in [5, 5.41) is 0. The van der Waals surface area contributed by atoms with Gasteiger partial charge in [-0.2, -0.15) is 0 Å². The molecule has 2 aromatic carbocycles. The van der Waals surface area contributed by atoms with Crippen molar-refractivity contribution >= 4 is 5.91 Å². The van der Waals surface area contributed by atoms with Crippen molar-refractivity contribution in [2.24, 2.45) is 5.73 Å². The minimum absolute atomic E-state index is 0.198. The van der Waals surface area contributed by atoms with Crippen LogP contribution in [-0.2, 0) is 10.2 Å². The molecule has 4 nitrogen and oxygen atoms in total. The zero-order chi connectivity index (χ0) is 23.1. The Morgan fingerprint density at radius 1 is 0.906 bits per heavy atom. The standard InChI is InChI=1S/C28H41N3O/c1-22(2)31(23(3)4)21-17-28(27(29)32,16-20-30-18-8-9-19-30)26-14-12-25(13-15-26)24-10-6-5-7-11-24/h5-7,10-15,22-23H,8-9,16-21H2,1-4H3,(H2,29,32). The van der Waals surface area contributed by atoms with E-state index in [0.29, 0.717) is 12.1 Å². The van der Waals surface area contributed by atoms with Crippen LogP contribution in [0.15, 0.2) is 54.6 Å². The van der Waals surface area contributed by atoms with Gasteiger partial charge in [0, 0.05) is 18.6 Å². The molecule has 1 unspecified atom stereocenters. The van der Waals surface area contributed by atoms with Crippen LogP contribution in [0.3, 0.4) is 0 Å². The molecule has 3 rings (SSSR count). The van der Waals surface area contributed by atoms with Crippen molar-refractivity contribution in [1.82, 2.24) is 9.80 Å². The molecule has 4 heteroatoms. The highest BCUT2D eigenvalue weighted by molar-refractivity contribution is 5.87. The quantitative estimate of drug-likeness (QED) is 0.536. The molecular formula is C28H41N3O. The van der Waals surface area contributed by atoms with Crippen LogP contribution in [0.5, 0.6) is 0 Å². The molecular weight excluding hydrogens is 394 g/mol. The predicted octanol–water partition coefficient (Wildman–Crippen LogP) is 5.07. The van der Waals surface area contributed by atoms with E-state index >= 15 is 0 Å². The van der Waals surface area contributed by atoms with Crippen LogP contribution in [0.4, 0.5) is 0 Å². The molecule has 1 aliphatic rings. The Morgan fingerprint density at radius 3 is 2.00 bits per heavy atom. The lowest BCUT2D eigenvalue weighted by Crippen LogP contribution is -2.47. The number of hydrogen-bond acceptors (Lipinski definition) is 3. The van der Waals surface area contributed by atoms with Crippen molar-refractivity contribution in [3.63, 3.8) is 0 Å². The van der Waals surface area contributed by atoms with Gasteiger partial charge in [-0.25, -0.2) is 0 Å². The number of nitrogens with zero attached hydrogens (tertiary/aromatic N) is 2. The molecule has 0 bridgehead atoms. The second kappa shape index (κ2) is 11.1. The summed E-state index contributed by atoms with van der Waals surface area (Å²) in [6.07, 6.45) is 4.03. The first kappa shape index (κ1) is 24.5. The number of likely N-dealkylation sites (tertiary alicyclic amines) is 1. The summed E-state index contributed by atoms with van der Waals surface area (Å²) in [5.74, 6) is -0.198. The van der Waals surface area contributed by atoms with Gasteiger partial charge in [0.05, 0.1) is 5.41 Å². The highest BCUT2D eigenvalue weighted by atomic mass is 16.1. The Kier molecular flexibility index (Phi) is 8.50. The number of carbonyl (C=O) groups is 1. The van der Waals surface area contributed by atoms with Crippen molar-refractivity contribution in [2.45, 2.75) is 70.9 Å². The molecule has 32 heavy (non-hydrogen) atoms. The molecule has 174 valence electrons. The fourth-order valence-corrected chi connectivity index (χ4v) is 5.20. The van der Waals surface area contributed by atoms with Gasteiger partial charge in [-0.05, 0) is 89.7 Å². The van der Waals surface area contributed by atoms with Crippen LogP contribution in [0, 0.1) is 0 Å². The van der Waals surface area contributed by atoms with Crippen LogP contribution < -0.4 is 5.73 Å². The van der Waals surface area contributed by atoms with E-state index in [4.69, 9.17) is 5.73 Å². The molecule has 1 saturated heterocycles. The van der Waals surface area contributed by atoms with Gasteiger partial charge in [-0.15, -0.1) is 0 Å². The molecule has 2 N–H and O–H groups in total. The normalized spacial score (nSPS) is 16.7. The third kappa shape index (κ3) is 5.79. The second-order valence-corrected chi connectivity index (χ2v) is 9.86. The van der Waals surface area contributed by atoms with Gasteiger partial charge in [0.1, 0.15) is 0 Å². The first-order valence-electron chi connectivity index (χ1n) is 12.3. The molecule has 1 heterocycles. The number of nitrogens with two attached hydrogens (primary N) is 1. The van der Waals surface area contributed by atoms with E-state index in [0.717, 1.165) is 44.6 Å². The van der Waals surface area contributed by atoms with Crippen molar-refractivity contribution < 1.29 is 4.79 Å². The fraction of sp³-hybridized carbons (Fsp3) is 0.536. The first-order valence-corrected chi connectivity index (χ1v) is 12.3. The van der Waals surface area contributed by atoms with Gasteiger partial charge in [-0.3, -0.25) is 9.69 Å². The molecule has 1 fully saturated rings. The molecule has 0 aromatic heterocycles. The molecule has 1 aliphatic heterocycles. The van der Waals surface area contributed by atoms with Gasteiger partial charge in [-0.1, -0.05) is 54.6 Å². The van der Waals surface area contributed by atoms with E-state index in [-0.39, 0.29) is 5.91 Å². The highest BCUT2D eigenvalue weighted by Gasteiger charge is 2.39. The summed E-state index contributed by atoms with van der Waals surface area (Å²) < 4.78 is 0. The van der Waals surface area contributed by atoms with Crippen molar-refractivity contribution in [3.8, 4) is 11.1 Å². The van der Waals surface area contributed by atoms with E-state index in [1.165, 1.54) is 24.0 Å². The Balaban J connectivity index is 1.90. The topological polar surface area (TPSA) is 49.6 Å².